The van der Waals surface area contributed by atoms with Crippen molar-refractivity contribution in [3.8, 4) is 17.1 Å². The van der Waals surface area contributed by atoms with Crippen LogP contribution < -0.4 is 4.74 Å². The Morgan fingerprint density at radius 2 is 1.62 bits per heavy atom. The van der Waals surface area contributed by atoms with Gasteiger partial charge in [0, 0.05) is 25.2 Å². The van der Waals surface area contributed by atoms with Gasteiger partial charge >= 0.3 is 5.97 Å². The molecule has 0 amide bonds. The summed E-state index contributed by atoms with van der Waals surface area (Å²) < 4.78 is 20.0. The quantitative estimate of drug-likeness (QED) is 0.114. The number of ether oxygens (including phenoxy) is 1. The number of rotatable bonds is 18. The molecule has 1 atom stereocenters. The lowest BCUT2D eigenvalue weighted by Gasteiger charge is -2.11. The van der Waals surface area contributed by atoms with Crippen molar-refractivity contribution in [2.24, 2.45) is 5.92 Å². The third-order valence-electron chi connectivity index (χ3n) is 7.60. The molecule has 5 heteroatoms. The molecule has 1 unspecified atom stereocenters. The summed E-state index contributed by atoms with van der Waals surface area (Å²) in [5.41, 5.74) is 1.47. The normalized spacial score (nSPS) is 14.6. The van der Waals surface area contributed by atoms with E-state index >= 15 is 0 Å². The minimum Gasteiger partial charge on any atom is -0.426 e. The molecule has 1 aromatic heterocycles. The molecule has 1 saturated carbocycles. The predicted molar refractivity (Wildman–Crippen MR) is 149 cm³/mol. The van der Waals surface area contributed by atoms with Gasteiger partial charge in [-0.25, -0.2) is 14.4 Å². The number of nitrogens with zero attached hydrogens (tertiary/aromatic N) is 2. The molecular weight excluding hydrogens is 463 g/mol. The molecule has 204 valence electrons. The zero-order valence-corrected chi connectivity index (χ0v) is 22.9. The number of esters is 1. The standard InChI is InChI=1S/C32H47FN2O2/c1-2-3-4-10-19-28(33)23-27-24-34-32(35-25-27)29-20-14-15-21-30(29)37-31(36)22-11-8-6-5-7-9-16-26-17-12-13-18-26/h14-15,20-21,24-26,28H,2-13,16-19,22-23H2,1H3. The second-order valence-electron chi connectivity index (χ2n) is 10.8. The fourth-order valence-corrected chi connectivity index (χ4v) is 5.37. The highest BCUT2D eigenvalue weighted by Gasteiger charge is 2.15. The van der Waals surface area contributed by atoms with Crippen LogP contribution in [-0.2, 0) is 11.2 Å². The lowest BCUT2D eigenvalue weighted by atomic mass is 9.99. The lowest BCUT2D eigenvalue weighted by molar-refractivity contribution is -0.134. The average Bonchev–Trinajstić information content (AvgIpc) is 3.43. The van der Waals surface area contributed by atoms with Crippen molar-refractivity contribution in [2.45, 2.75) is 129 Å². The van der Waals surface area contributed by atoms with E-state index in [1.807, 2.05) is 18.2 Å². The zero-order chi connectivity index (χ0) is 26.1. The first-order chi connectivity index (χ1) is 18.2. The predicted octanol–water partition coefficient (Wildman–Crippen LogP) is 9.21. The van der Waals surface area contributed by atoms with Gasteiger partial charge in [-0.1, -0.05) is 109 Å². The Balaban J connectivity index is 1.36. The van der Waals surface area contributed by atoms with Crippen LogP contribution in [0.25, 0.3) is 11.4 Å². The fraction of sp³-hybridized carbons (Fsp3) is 0.656. The minimum atomic E-state index is -0.864. The van der Waals surface area contributed by atoms with E-state index in [-0.39, 0.29) is 5.97 Å². The van der Waals surface area contributed by atoms with Crippen LogP contribution in [0, 0.1) is 5.92 Å². The van der Waals surface area contributed by atoms with Gasteiger partial charge < -0.3 is 4.74 Å². The van der Waals surface area contributed by atoms with Crippen molar-refractivity contribution in [1.29, 1.82) is 0 Å². The number of unbranched alkanes of at least 4 members (excludes halogenated alkanes) is 8. The third kappa shape index (κ3) is 11.3. The lowest BCUT2D eigenvalue weighted by Crippen LogP contribution is -2.09. The van der Waals surface area contributed by atoms with E-state index in [4.69, 9.17) is 4.74 Å². The van der Waals surface area contributed by atoms with E-state index in [0.717, 1.165) is 50.0 Å². The summed E-state index contributed by atoms with van der Waals surface area (Å²) in [6, 6.07) is 7.36. The molecule has 1 aromatic carbocycles. The van der Waals surface area contributed by atoms with Crippen molar-refractivity contribution in [1.82, 2.24) is 9.97 Å². The molecule has 1 heterocycles. The molecule has 3 rings (SSSR count). The van der Waals surface area contributed by atoms with E-state index in [2.05, 4.69) is 16.9 Å². The first kappa shape index (κ1) is 29.3. The Bertz CT molecular complexity index is 896. The molecule has 0 radical (unpaired) electrons. The van der Waals surface area contributed by atoms with Gasteiger partial charge in [0.25, 0.3) is 0 Å². The number of aromatic nitrogens is 2. The number of carbonyl (C=O) groups excluding carboxylic acids is 1. The monoisotopic (exact) mass is 510 g/mol. The van der Waals surface area contributed by atoms with Crippen LogP contribution in [0.1, 0.15) is 122 Å². The Hall–Kier alpha value is -2.30. The summed E-state index contributed by atoms with van der Waals surface area (Å²) in [6.45, 7) is 2.16. The molecule has 1 aliphatic carbocycles. The summed E-state index contributed by atoms with van der Waals surface area (Å²) >= 11 is 0. The van der Waals surface area contributed by atoms with Gasteiger partial charge in [0.05, 0.1) is 5.56 Å². The molecule has 1 aliphatic rings. The van der Waals surface area contributed by atoms with E-state index < -0.39 is 6.17 Å². The van der Waals surface area contributed by atoms with E-state index in [1.165, 1.54) is 57.8 Å². The highest BCUT2D eigenvalue weighted by Crippen LogP contribution is 2.30. The van der Waals surface area contributed by atoms with Crippen LogP contribution in [0.5, 0.6) is 5.75 Å². The van der Waals surface area contributed by atoms with Crippen LogP contribution >= 0.6 is 0 Å². The number of para-hydroxylation sites is 1. The molecule has 2 aromatic rings. The number of hydrogen-bond donors (Lipinski definition) is 0. The highest BCUT2D eigenvalue weighted by atomic mass is 19.1. The highest BCUT2D eigenvalue weighted by molar-refractivity contribution is 5.76. The topological polar surface area (TPSA) is 52.1 Å². The number of benzene rings is 1. The van der Waals surface area contributed by atoms with Gasteiger partial charge in [-0.15, -0.1) is 0 Å². The molecule has 0 spiro atoms. The third-order valence-corrected chi connectivity index (χ3v) is 7.60. The Labute approximate surface area is 223 Å². The van der Waals surface area contributed by atoms with Crippen molar-refractivity contribution >= 4 is 5.97 Å². The summed E-state index contributed by atoms with van der Waals surface area (Å²) in [6.07, 6.45) is 22.4. The van der Waals surface area contributed by atoms with Gasteiger partial charge in [0.1, 0.15) is 11.9 Å². The fourth-order valence-electron chi connectivity index (χ4n) is 5.37. The average molecular weight is 511 g/mol. The van der Waals surface area contributed by atoms with Crippen LogP contribution in [0.3, 0.4) is 0 Å². The second-order valence-corrected chi connectivity index (χ2v) is 10.8. The molecule has 0 aliphatic heterocycles. The number of carbonyl (C=O) groups is 1. The summed E-state index contributed by atoms with van der Waals surface area (Å²) in [4.78, 5) is 21.4. The molecular formula is C32H47FN2O2. The molecule has 0 N–H and O–H groups in total. The van der Waals surface area contributed by atoms with Crippen molar-refractivity contribution in [3.05, 3.63) is 42.2 Å². The Morgan fingerprint density at radius 3 is 2.38 bits per heavy atom. The van der Waals surface area contributed by atoms with E-state index in [9.17, 15) is 9.18 Å². The number of hydrogen-bond acceptors (Lipinski definition) is 4. The van der Waals surface area contributed by atoms with Crippen LogP contribution in [0.2, 0.25) is 0 Å². The van der Waals surface area contributed by atoms with Crippen molar-refractivity contribution in [2.75, 3.05) is 0 Å². The maximum absolute atomic E-state index is 14.3. The maximum Gasteiger partial charge on any atom is 0.311 e. The minimum absolute atomic E-state index is 0.214. The number of alkyl halides is 1. The van der Waals surface area contributed by atoms with Gasteiger partial charge in [0.2, 0.25) is 0 Å². The molecule has 1 fully saturated rings. The molecule has 37 heavy (non-hydrogen) atoms. The van der Waals surface area contributed by atoms with Gasteiger partial charge in [-0.05, 0) is 36.5 Å². The van der Waals surface area contributed by atoms with Crippen LogP contribution in [0.15, 0.2) is 36.7 Å². The smallest absolute Gasteiger partial charge is 0.311 e. The van der Waals surface area contributed by atoms with Gasteiger partial charge in [-0.3, -0.25) is 4.79 Å². The molecule has 0 saturated heterocycles. The Kier molecular flexibility index (Phi) is 13.6. The zero-order valence-electron chi connectivity index (χ0n) is 22.9. The summed E-state index contributed by atoms with van der Waals surface area (Å²) in [5.74, 6) is 1.75. The van der Waals surface area contributed by atoms with Gasteiger partial charge in [-0.2, -0.15) is 0 Å². The largest absolute Gasteiger partial charge is 0.426 e. The van der Waals surface area contributed by atoms with Crippen LogP contribution in [-0.4, -0.2) is 22.1 Å². The van der Waals surface area contributed by atoms with Gasteiger partial charge in [0.15, 0.2) is 5.82 Å². The molecule has 4 nitrogen and oxygen atoms in total. The summed E-state index contributed by atoms with van der Waals surface area (Å²) in [5, 5.41) is 0. The SMILES string of the molecule is CCCCCCC(F)Cc1cnc(-c2ccccc2OC(=O)CCCCCCCCC2CCCC2)nc1. The van der Waals surface area contributed by atoms with E-state index in [1.54, 1.807) is 18.5 Å². The Morgan fingerprint density at radius 1 is 0.946 bits per heavy atom. The van der Waals surface area contributed by atoms with Crippen LogP contribution in [0.4, 0.5) is 4.39 Å². The second kappa shape index (κ2) is 17.3. The summed E-state index contributed by atoms with van der Waals surface area (Å²) in [7, 11) is 0. The van der Waals surface area contributed by atoms with Crippen molar-refractivity contribution < 1.29 is 13.9 Å². The van der Waals surface area contributed by atoms with E-state index in [0.29, 0.717) is 36.4 Å². The molecule has 0 bridgehead atoms. The van der Waals surface area contributed by atoms with Crippen molar-refractivity contribution in [3.63, 3.8) is 0 Å². The first-order valence-electron chi connectivity index (χ1n) is 14.9. The maximum atomic E-state index is 14.3. The first-order valence-corrected chi connectivity index (χ1v) is 14.9. The number of halogens is 1.